The van der Waals surface area contributed by atoms with Gasteiger partial charge in [0.05, 0.1) is 11.2 Å². The molecule has 0 radical (unpaired) electrons. The predicted octanol–water partition coefficient (Wildman–Crippen LogP) is 2.49. The fraction of sp³-hybridized carbons (Fsp3) is 0.706. The standard InChI is InChI=1S/C17H24N2O3S2/c20-16(18-11-13-6-9-23-12-13)17-7-2-1-3-15(17)19(14-4-5-14)24(21,22)10-8-17/h6,9,12,14-15H,1-5,7-8,10-11H2,(H,18,20)/t15-,17-/m1/s1. The maximum Gasteiger partial charge on any atom is 0.228 e. The molecule has 3 aliphatic rings. The SMILES string of the molecule is O=C(NCc1ccsc1)[C@@]12CCCC[C@H]1N(C1CC1)S(=O)(=O)CC2. The largest absolute Gasteiger partial charge is 0.351 e. The summed E-state index contributed by atoms with van der Waals surface area (Å²) in [7, 11) is -3.21. The van der Waals surface area contributed by atoms with E-state index in [0.29, 0.717) is 13.0 Å². The molecular weight excluding hydrogens is 344 g/mol. The third-order valence-electron chi connectivity index (χ3n) is 5.81. The van der Waals surface area contributed by atoms with Gasteiger partial charge in [-0.15, -0.1) is 0 Å². The van der Waals surface area contributed by atoms with E-state index in [1.54, 1.807) is 15.6 Å². The molecule has 132 valence electrons. The Kier molecular flexibility index (Phi) is 4.21. The number of rotatable bonds is 4. The minimum absolute atomic E-state index is 0.0546. The molecule has 5 nitrogen and oxygen atoms in total. The van der Waals surface area contributed by atoms with Crippen LogP contribution in [0.3, 0.4) is 0 Å². The molecule has 0 aromatic carbocycles. The molecule has 0 bridgehead atoms. The van der Waals surface area contributed by atoms with Gasteiger partial charge in [0, 0.05) is 18.6 Å². The van der Waals surface area contributed by atoms with E-state index in [1.807, 2.05) is 16.8 Å². The summed E-state index contributed by atoms with van der Waals surface area (Å²) < 4.78 is 27.0. The fourth-order valence-corrected chi connectivity index (χ4v) is 7.30. The van der Waals surface area contributed by atoms with Gasteiger partial charge < -0.3 is 5.32 Å². The van der Waals surface area contributed by atoms with E-state index < -0.39 is 15.4 Å². The van der Waals surface area contributed by atoms with Crippen LogP contribution < -0.4 is 5.32 Å². The Morgan fingerprint density at radius 3 is 2.83 bits per heavy atom. The number of sulfonamides is 1. The van der Waals surface area contributed by atoms with E-state index in [-0.39, 0.29) is 23.7 Å². The highest BCUT2D eigenvalue weighted by Crippen LogP contribution is 2.50. The van der Waals surface area contributed by atoms with Crippen molar-refractivity contribution in [2.75, 3.05) is 5.75 Å². The van der Waals surface area contributed by atoms with Crippen molar-refractivity contribution >= 4 is 27.3 Å². The molecule has 1 saturated heterocycles. The van der Waals surface area contributed by atoms with Gasteiger partial charge >= 0.3 is 0 Å². The molecule has 7 heteroatoms. The lowest BCUT2D eigenvalue weighted by atomic mass is 9.67. The topological polar surface area (TPSA) is 66.5 Å². The van der Waals surface area contributed by atoms with Crippen molar-refractivity contribution in [2.45, 2.75) is 63.6 Å². The maximum absolute atomic E-state index is 13.1. The summed E-state index contributed by atoms with van der Waals surface area (Å²) in [5.41, 5.74) is 0.585. The first-order chi connectivity index (χ1) is 11.5. The Bertz CT molecular complexity index is 712. The molecule has 1 aliphatic heterocycles. The van der Waals surface area contributed by atoms with E-state index in [1.165, 1.54) is 0 Å². The Hall–Kier alpha value is -0.920. The molecule has 4 rings (SSSR count). The predicted molar refractivity (Wildman–Crippen MR) is 94.1 cm³/mol. The number of nitrogens with zero attached hydrogens (tertiary/aromatic N) is 1. The van der Waals surface area contributed by atoms with Crippen molar-refractivity contribution < 1.29 is 13.2 Å². The molecule has 2 heterocycles. The molecule has 1 aromatic rings. The van der Waals surface area contributed by atoms with E-state index in [2.05, 4.69) is 5.32 Å². The van der Waals surface area contributed by atoms with Crippen molar-refractivity contribution in [3.05, 3.63) is 22.4 Å². The van der Waals surface area contributed by atoms with Gasteiger partial charge in [-0.05, 0) is 54.5 Å². The lowest BCUT2D eigenvalue weighted by Crippen LogP contribution is -2.63. The number of amides is 1. The van der Waals surface area contributed by atoms with Crippen LogP contribution in [0.15, 0.2) is 16.8 Å². The van der Waals surface area contributed by atoms with Crippen LogP contribution in [0, 0.1) is 5.41 Å². The van der Waals surface area contributed by atoms with Gasteiger partial charge in [0.25, 0.3) is 0 Å². The molecule has 1 aromatic heterocycles. The highest BCUT2D eigenvalue weighted by Gasteiger charge is 2.58. The Morgan fingerprint density at radius 2 is 2.12 bits per heavy atom. The summed E-state index contributed by atoms with van der Waals surface area (Å²) in [6.45, 7) is 0.535. The minimum atomic E-state index is -3.21. The monoisotopic (exact) mass is 368 g/mol. The Balaban J connectivity index is 1.59. The van der Waals surface area contributed by atoms with Crippen LogP contribution in [0.25, 0.3) is 0 Å². The number of carbonyl (C=O) groups is 1. The molecule has 2 atom stereocenters. The van der Waals surface area contributed by atoms with Crippen LogP contribution in [0.5, 0.6) is 0 Å². The summed E-state index contributed by atoms with van der Waals surface area (Å²) in [6, 6.07) is 2.02. The first-order valence-electron chi connectivity index (χ1n) is 8.83. The number of carbonyl (C=O) groups excluding carboxylic acids is 1. The lowest BCUT2D eigenvalue weighted by Gasteiger charge is -2.51. The molecular formula is C17H24N2O3S2. The van der Waals surface area contributed by atoms with Gasteiger partial charge in [-0.25, -0.2) is 8.42 Å². The maximum atomic E-state index is 13.1. The number of fused-ring (bicyclic) bond motifs is 1. The average molecular weight is 369 g/mol. The van der Waals surface area contributed by atoms with Gasteiger partial charge in [0.1, 0.15) is 0 Å². The quantitative estimate of drug-likeness (QED) is 0.888. The molecule has 2 aliphatic carbocycles. The molecule has 1 N–H and O–H groups in total. The van der Waals surface area contributed by atoms with Gasteiger partial charge in [0.2, 0.25) is 15.9 Å². The van der Waals surface area contributed by atoms with Crippen LogP contribution in [0.4, 0.5) is 0 Å². The van der Waals surface area contributed by atoms with Crippen LogP contribution >= 0.6 is 11.3 Å². The van der Waals surface area contributed by atoms with Gasteiger partial charge in [0.15, 0.2) is 0 Å². The summed E-state index contributed by atoms with van der Waals surface area (Å²) in [5, 5.41) is 7.14. The normalized spacial score (nSPS) is 32.9. The zero-order valence-electron chi connectivity index (χ0n) is 13.7. The zero-order valence-corrected chi connectivity index (χ0v) is 15.4. The second-order valence-electron chi connectivity index (χ2n) is 7.36. The van der Waals surface area contributed by atoms with Crippen LogP contribution in [-0.4, -0.2) is 36.5 Å². The number of hydrogen-bond donors (Lipinski definition) is 1. The summed E-state index contributed by atoms with van der Waals surface area (Å²) >= 11 is 1.62. The van der Waals surface area contributed by atoms with Crippen molar-refractivity contribution in [1.29, 1.82) is 0 Å². The summed E-state index contributed by atoms with van der Waals surface area (Å²) in [4.78, 5) is 13.1. The molecule has 2 saturated carbocycles. The van der Waals surface area contributed by atoms with Crippen molar-refractivity contribution in [2.24, 2.45) is 5.41 Å². The van der Waals surface area contributed by atoms with Gasteiger partial charge in [-0.1, -0.05) is 12.8 Å². The minimum Gasteiger partial charge on any atom is -0.351 e. The van der Waals surface area contributed by atoms with E-state index in [4.69, 9.17) is 0 Å². The third-order valence-corrected chi connectivity index (χ3v) is 8.46. The first-order valence-corrected chi connectivity index (χ1v) is 11.4. The highest BCUT2D eigenvalue weighted by atomic mass is 32.2. The van der Waals surface area contributed by atoms with Crippen LogP contribution in [0.2, 0.25) is 0 Å². The van der Waals surface area contributed by atoms with Crippen molar-refractivity contribution in [1.82, 2.24) is 9.62 Å². The molecule has 24 heavy (non-hydrogen) atoms. The molecule has 0 unspecified atom stereocenters. The second kappa shape index (κ2) is 6.11. The Labute approximate surface area is 147 Å². The highest BCUT2D eigenvalue weighted by molar-refractivity contribution is 7.89. The smallest absolute Gasteiger partial charge is 0.228 e. The third kappa shape index (κ3) is 2.80. The number of nitrogens with one attached hydrogen (secondary N) is 1. The molecule has 0 spiro atoms. The van der Waals surface area contributed by atoms with Crippen LogP contribution in [0.1, 0.15) is 50.5 Å². The van der Waals surface area contributed by atoms with E-state index in [9.17, 15) is 13.2 Å². The summed E-state index contributed by atoms with van der Waals surface area (Å²) in [6.07, 6.45) is 6.03. The second-order valence-corrected chi connectivity index (χ2v) is 10.1. The Morgan fingerprint density at radius 1 is 1.29 bits per heavy atom. The van der Waals surface area contributed by atoms with E-state index >= 15 is 0 Å². The molecule has 1 amide bonds. The number of thiophene rings is 1. The summed E-state index contributed by atoms with van der Waals surface area (Å²) in [5.74, 6) is 0.172. The average Bonchev–Trinajstić information content (AvgIpc) is 3.25. The number of hydrogen-bond acceptors (Lipinski definition) is 4. The van der Waals surface area contributed by atoms with Crippen molar-refractivity contribution in [3.8, 4) is 0 Å². The van der Waals surface area contributed by atoms with Crippen LogP contribution in [-0.2, 0) is 21.4 Å². The van der Waals surface area contributed by atoms with E-state index in [0.717, 1.165) is 44.1 Å². The first kappa shape index (κ1) is 16.5. The van der Waals surface area contributed by atoms with Crippen molar-refractivity contribution in [3.63, 3.8) is 0 Å². The molecule has 3 fully saturated rings. The zero-order chi connectivity index (χ0) is 16.8. The van der Waals surface area contributed by atoms with Gasteiger partial charge in [-0.2, -0.15) is 15.6 Å². The lowest BCUT2D eigenvalue weighted by molar-refractivity contribution is -0.137. The fourth-order valence-electron chi connectivity index (χ4n) is 4.43. The van der Waals surface area contributed by atoms with Gasteiger partial charge in [-0.3, -0.25) is 4.79 Å².